The van der Waals surface area contributed by atoms with Gasteiger partial charge in [0.15, 0.2) is 5.65 Å². The van der Waals surface area contributed by atoms with E-state index in [2.05, 4.69) is 15.2 Å². The topological polar surface area (TPSA) is 86.1 Å². The Balaban J connectivity index is 1.98. The fourth-order valence-corrected chi connectivity index (χ4v) is 1.43. The highest BCUT2D eigenvalue weighted by Crippen LogP contribution is 2.24. The molecular weight excluding hydrogens is 196 g/mol. The number of rotatable bonds is 2. The van der Waals surface area contributed by atoms with Crippen molar-refractivity contribution in [1.29, 1.82) is 0 Å². The lowest BCUT2D eigenvalue weighted by Crippen LogP contribution is -2.38. The SMILES string of the molecule is Nc1cnc2[nH]nc(OC3COC3)c2c1. The molecule has 3 rings (SSSR count). The quantitative estimate of drug-likeness (QED) is 0.738. The standard InChI is InChI=1S/C9H10N4O2/c10-5-1-7-8(11-2-5)12-13-9(7)15-6-3-14-4-6/h1-2,6H,3-4,10H2,(H,11,12,13). The van der Waals surface area contributed by atoms with Gasteiger partial charge in [-0.15, -0.1) is 5.10 Å². The summed E-state index contributed by atoms with van der Waals surface area (Å²) in [6, 6.07) is 1.79. The molecule has 0 atom stereocenters. The van der Waals surface area contributed by atoms with E-state index in [1.165, 1.54) is 0 Å². The van der Waals surface area contributed by atoms with Crippen LogP contribution < -0.4 is 10.5 Å². The third-order valence-electron chi connectivity index (χ3n) is 2.29. The number of fused-ring (bicyclic) bond motifs is 1. The zero-order valence-corrected chi connectivity index (χ0v) is 7.93. The van der Waals surface area contributed by atoms with E-state index >= 15 is 0 Å². The number of nitrogens with two attached hydrogens (primary N) is 1. The number of aromatic amines is 1. The zero-order valence-electron chi connectivity index (χ0n) is 7.93. The minimum Gasteiger partial charge on any atom is -0.468 e. The average molecular weight is 206 g/mol. The molecule has 0 aliphatic carbocycles. The summed E-state index contributed by atoms with van der Waals surface area (Å²) in [6.45, 7) is 1.23. The Labute approximate surface area is 85.4 Å². The Bertz CT molecular complexity index is 492. The van der Waals surface area contributed by atoms with Gasteiger partial charge in [0, 0.05) is 0 Å². The van der Waals surface area contributed by atoms with Gasteiger partial charge in [-0.2, -0.15) is 0 Å². The maximum Gasteiger partial charge on any atom is 0.242 e. The second-order valence-corrected chi connectivity index (χ2v) is 3.47. The molecule has 0 radical (unpaired) electrons. The summed E-state index contributed by atoms with van der Waals surface area (Å²) in [6.07, 6.45) is 1.68. The van der Waals surface area contributed by atoms with Gasteiger partial charge in [-0.3, -0.25) is 5.10 Å². The van der Waals surface area contributed by atoms with E-state index in [9.17, 15) is 0 Å². The summed E-state index contributed by atoms with van der Waals surface area (Å²) < 4.78 is 10.6. The number of anilines is 1. The molecule has 3 heterocycles. The molecule has 2 aromatic rings. The molecule has 1 saturated heterocycles. The summed E-state index contributed by atoms with van der Waals surface area (Å²) in [5.41, 5.74) is 6.92. The molecule has 0 bridgehead atoms. The van der Waals surface area contributed by atoms with Gasteiger partial charge in [-0.1, -0.05) is 0 Å². The van der Waals surface area contributed by atoms with Gasteiger partial charge in [-0.05, 0) is 6.07 Å². The van der Waals surface area contributed by atoms with Crippen molar-refractivity contribution < 1.29 is 9.47 Å². The van der Waals surface area contributed by atoms with Crippen molar-refractivity contribution in [3.05, 3.63) is 12.3 Å². The van der Waals surface area contributed by atoms with Crippen molar-refractivity contribution in [2.45, 2.75) is 6.10 Å². The predicted molar refractivity (Wildman–Crippen MR) is 53.5 cm³/mol. The van der Waals surface area contributed by atoms with E-state index in [1.54, 1.807) is 12.3 Å². The lowest BCUT2D eigenvalue weighted by molar-refractivity contribution is -0.0807. The molecule has 0 amide bonds. The predicted octanol–water partition coefficient (Wildman–Crippen LogP) is 0.318. The number of pyridine rings is 1. The van der Waals surface area contributed by atoms with Crippen LogP contribution in [0, 0.1) is 0 Å². The highest BCUT2D eigenvalue weighted by molar-refractivity contribution is 5.83. The van der Waals surface area contributed by atoms with E-state index in [0.717, 1.165) is 5.39 Å². The molecule has 0 spiro atoms. The van der Waals surface area contributed by atoms with Gasteiger partial charge in [-0.25, -0.2) is 4.98 Å². The second-order valence-electron chi connectivity index (χ2n) is 3.47. The Hall–Kier alpha value is -1.82. The Morgan fingerprint density at radius 3 is 3.13 bits per heavy atom. The molecule has 1 aliphatic heterocycles. The number of nitrogens with zero attached hydrogens (tertiary/aromatic N) is 2. The van der Waals surface area contributed by atoms with Crippen molar-refractivity contribution in [2.75, 3.05) is 18.9 Å². The number of ether oxygens (including phenoxy) is 2. The van der Waals surface area contributed by atoms with Crippen LogP contribution in [-0.4, -0.2) is 34.5 Å². The minimum atomic E-state index is 0.0953. The van der Waals surface area contributed by atoms with Crippen molar-refractivity contribution in [3.8, 4) is 5.88 Å². The molecule has 0 unspecified atom stereocenters. The summed E-state index contributed by atoms with van der Waals surface area (Å²) in [5, 5.41) is 7.63. The molecule has 2 aromatic heterocycles. The minimum absolute atomic E-state index is 0.0953. The number of nitrogens with one attached hydrogen (secondary N) is 1. The van der Waals surface area contributed by atoms with E-state index in [1.807, 2.05) is 0 Å². The first-order valence-electron chi connectivity index (χ1n) is 4.67. The van der Waals surface area contributed by atoms with Gasteiger partial charge in [0.25, 0.3) is 0 Å². The maximum atomic E-state index is 5.64. The number of hydrogen-bond donors (Lipinski definition) is 2. The third-order valence-corrected chi connectivity index (χ3v) is 2.29. The molecule has 1 aliphatic rings. The van der Waals surface area contributed by atoms with Crippen LogP contribution >= 0.6 is 0 Å². The van der Waals surface area contributed by atoms with Crippen LogP contribution in [0.4, 0.5) is 5.69 Å². The molecule has 0 aromatic carbocycles. The van der Waals surface area contributed by atoms with E-state index in [-0.39, 0.29) is 6.10 Å². The smallest absolute Gasteiger partial charge is 0.242 e. The Kier molecular flexibility index (Phi) is 1.75. The number of H-pyrrole nitrogens is 1. The van der Waals surface area contributed by atoms with E-state index in [4.69, 9.17) is 15.2 Å². The number of hydrogen-bond acceptors (Lipinski definition) is 5. The Morgan fingerprint density at radius 1 is 1.53 bits per heavy atom. The monoisotopic (exact) mass is 206 g/mol. The fraction of sp³-hybridized carbons (Fsp3) is 0.333. The van der Waals surface area contributed by atoms with Gasteiger partial charge < -0.3 is 15.2 Å². The maximum absolute atomic E-state index is 5.64. The van der Waals surface area contributed by atoms with Crippen LogP contribution in [0.1, 0.15) is 0 Å². The lowest BCUT2D eigenvalue weighted by Gasteiger charge is -2.25. The second kappa shape index (κ2) is 3.09. The normalized spacial score (nSPS) is 16.5. The fourth-order valence-electron chi connectivity index (χ4n) is 1.43. The largest absolute Gasteiger partial charge is 0.468 e. The molecule has 15 heavy (non-hydrogen) atoms. The van der Waals surface area contributed by atoms with Gasteiger partial charge >= 0.3 is 0 Å². The number of aromatic nitrogens is 3. The van der Waals surface area contributed by atoms with Gasteiger partial charge in [0.1, 0.15) is 6.10 Å². The van der Waals surface area contributed by atoms with Crippen LogP contribution in [-0.2, 0) is 4.74 Å². The first kappa shape index (κ1) is 8.49. The molecule has 1 fully saturated rings. The summed E-state index contributed by atoms with van der Waals surface area (Å²) in [4.78, 5) is 4.10. The zero-order chi connectivity index (χ0) is 10.3. The summed E-state index contributed by atoms with van der Waals surface area (Å²) >= 11 is 0. The van der Waals surface area contributed by atoms with E-state index in [0.29, 0.717) is 30.4 Å². The van der Waals surface area contributed by atoms with E-state index < -0.39 is 0 Å². The first-order valence-corrected chi connectivity index (χ1v) is 4.67. The molecular formula is C9H10N4O2. The number of nitrogen functional groups attached to an aromatic ring is 1. The highest BCUT2D eigenvalue weighted by atomic mass is 16.6. The van der Waals surface area contributed by atoms with Gasteiger partial charge in [0.05, 0.1) is 30.5 Å². The van der Waals surface area contributed by atoms with Crippen molar-refractivity contribution in [1.82, 2.24) is 15.2 Å². The van der Waals surface area contributed by atoms with Crippen LogP contribution in [0.25, 0.3) is 11.0 Å². The Morgan fingerprint density at radius 2 is 2.40 bits per heavy atom. The van der Waals surface area contributed by atoms with Crippen molar-refractivity contribution in [3.63, 3.8) is 0 Å². The molecule has 3 N–H and O–H groups in total. The lowest BCUT2D eigenvalue weighted by atomic mass is 10.3. The molecule has 0 saturated carbocycles. The first-order chi connectivity index (χ1) is 7.33. The average Bonchev–Trinajstić information content (AvgIpc) is 2.54. The van der Waals surface area contributed by atoms with Crippen LogP contribution in [0.15, 0.2) is 12.3 Å². The van der Waals surface area contributed by atoms with Crippen molar-refractivity contribution >= 4 is 16.7 Å². The molecule has 78 valence electrons. The molecule has 6 nitrogen and oxygen atoms in total. The highest BCUT2D eigenvalue weighted by Gasteiger charge is 2.22. The van der Waals surface area contributed by atoms with Crippen molar-refractivity contribution in [2.24, 2.45) is 0 Å². The third kappa shape index (κ3) is 1.39. The molecule has 6 heteroatoms. The van der Waals surface area contributed by atoms with Crippen LogP contribution in [0.5, 0.6) is 5.88 Å². The summed E-state index contributed by atoms with van der Waals surface area (Å²) in [7, 11) is 0. The van der Waals surface area contributed by atoms with Crippen LogP contribution in [0.3, 0.4) is 0 Å². The summed E-state index contributed by atoms with van der Waals surface area (Å²) in [5.74, 6) is 0.540. The van der Waals surface area contributed by atoms with Gasteiger partial charge in [0.2, 0.25) is 5.88 Å². The van der Waals surface area contributed by atoms with Crippen LogP contribution in [0.2, 0.25) is 0 Å².